The molecule has 1 aromatic rings. The molecule has 3 aliphatic rings. The van der Waals surface area contributed by atoms with E-state index in [2.05, 4.69) is 180 Å². The Morgan fingerprint density at radius 3 is 1.02 bits per heavy atom. The summed E-state index contributed by atoms with van der Waals surface area (Å²) in [6, 6.07) is 5.85. The lowest BCUT2D eigenvalue weighted by atomic mass is 9.84. The molecule has 7 heteroatoms. The minimum atomic E-state index is -2.64. The molecular formula is C37H71N5Si2. The van der Waals surface area contributed by atoms with Crippen LogP contribution < -0.4 is 4.23 Å². The molecule has 3 fully saturated rings. The number of hydrogen-bond donors (Lipinski definition) is 0. The first-order chi connectivity index (χ1) is 19.4. The second-order valence-electron chi connectivity index (χ2n) is 20.8. The number of benzene rings is 1. The number of fused-ring (bicyclic) bond motifs is 1. The molecule has 4 unspecified atom stereocenters. The summed E-state index contributed by atoms with van der Waals surface area (Å²) < 4.78 is 15.9. The molecule has 0 N–H and O–H groups in total. The van der Waals surface area contributed by atoms with Gasteiger partial charge in [-0.15, -0.1) is 0 Å². The van der Waals surface area contributed by atoms with Gasteiger partial charge in [-0.2, -0.15) is 0 Å². The highest BCUT2D eigenvalue weighted by molar-refractivity contribution is 7.59. The number of anilines is 1. The van der Waals surface area contributed by atoms with Crippen LogP contribution in [0.5, 0.6) is 0 Å². The fourth-order valence-corrected chi connectivity index (χ4v) is 35.9. The first-order valence-corrected chi connectivity index (χ1v) is 22.1. The van der Waals surface area contributed by atoms with Crippen LogP contribution in [0.2, 0.25) is 0 Å². The van der Waals surface area contributed by atoms with E-state index in [1.165, 1.54) is 22.4 Å². The molecule has 5 nitrogen and oxygen atoms in total. The lowest BCUT2D eigenvalue weighted by Crippen LogP contribution is -2.75. The second kappa shape index (κ2) is 10.1. The van der Waals surface area contributed by atoms with Crippen LogP contribution in [0.25, 0.3) is 0 Å². The molecule has 0 bridgehead atoms. The SMILES string of the molecule is Cc1cc(C)c(N2[Si]3(N(C(C)(C)C)CC(C(C)(C)C)N3C(C)(C)C)[Si]23N(C(C)(C)C)CC(C(C)(C)C)N3C(C)(C)C)c(C)c1. The monoisotopic (exact) mass is 642 g/mol. The Bertz CT molecular complexity index is 1170. The van der Waals surface area contributed by atoms with Gasteiger partial charge in [0.25, 0.3) is 0 Å². The predicted octanol–water partition coefficient (Wildman–Crippen LogP) is 8.65. The minimum absolute atomic E-state index is 0.0123. The minimum Gasteiger partial charge on any atom is -0.373 e. The zero-order chi connectivity index (χ0) is 34.2. The molecule has 0 amide bonds. The topological polar surface area (TPSA) is 16.0 Å². The summed E-state index contributed by atoms with van der Waals surface area (Å²) in [5.74, 6) is 0. The summed E-state index contributed by atoms with van der Waals surface area (Å²) in [6.45, 7) is 54.6. The fourth-order valence-electron chi connectivity index (χ4n) is 9.43. The van der Waals surface area contributed by atoms with Crippen LogP contribution >= 0.6 is 0 Å². The molecule has 0 aromatic heterocycles. The highest BCUT2D eigenvalue weighted by Gasteiger charge is 2.98. The molecule has 44 heavy (non-hydrogen) atoms. The van der Waals surface area contributed by atoms with E-state index in [4.69, 9.17) is 0 Å². The Hall–Kier alpha value is -0.706. The van der Waals surface area contributed by atoms with Crippen molar-refractivity contribution in [1.29, 1.82) is 0 Å². The number of hydrogen-bond acceptors (Lipinski definition) is 5. The normalized spacial score (nSPS) is 30.4. The van der Waals surface area contributed by atoms with Crippen molar-refractivity contribution in [3.63, 3.8) is 0 Å². The first kappa shape index (κ1) is 36.1. The highest BCUT2D eigenvalue weighted by atomic mass is 29.3. The maximum atomic E-state index is 3.22. The Morgan fingerprint density at radius 2 is 0.795 bits per heavy atom. The molecular weight excluding hydrogens is 571 g/mol. The quantitative estimate of drug-likeness (QED) is 0.225. The molecule has 2 spiro atoms. The smallest absolute Gasteiger partial charge is 0.357 e. The Kier molecular flexibility index (Phi) is 8.34. The van der Waals surface area contributed by atoms with Crippen molar-refractivity contribution in [3.8, 4) is 0 Å². The van der Waals surface area contributed by atoms with Crippen LogP contribution in [0.3, 0.4) is 0 Å². The van der Waals surface area contributed by atoms with Gasteiger partial charge in [0.05, 0.1) is 0 Å². The molecule has 0 aliphatic carbocycles. The molecule has 0 saturated carbocycles. The third-order valence-corrected chi connectivity index (χ3v) is 27.7. The average molecular weight is 642 g/mol. The van der Waals surface area contributed by atoms with Gasteiger partial charge in [-0.1, -0.05) is 59.2 Å². The van der Waals surface area contributed by atoms with Crippen LogP contribution in [-0.4, -0.2) is 81.7 Å². The van der Waals surface area contributed by atoms with Gasteiger partial charge in [0.15, 0.2) is 0 Å². The average Bonchev–Trinajstić information content (AvgIpc) is 3.07. The van der Waals surface area contributed by atoms with Crippen LogP contribution in [0, 0.1) is 31.6 Å². The molecule has 4 rings (SSSR count). The van der Waals surface area contributed by atoms with Gasteiger partial charge in [0, 0.05) is 53.0 Å². The van der Waals surface area contributed by atoms with Gasteiger partial charge in [0.2, 0.25) is 0 Å². The van der Waals surface area contributed by atoms with Crippen LogP contribution in [0.15, 0.2) is 12.1 Å². The van der Waals surface area contributed by atoms with Gasteiger partial charge < -0.3 is 4.23 Å². The van der Waals surface area contributed by atoms with Crippen LogP contribution in [-0.2, 0) is 0 Å². The molecule has 3 heterocycles. The Balaban J connectivity index is 2.32. The van der Waals surface area contributed by atoms with E-state index in [0.717, 1.165) is 13.1 Å². The number of rotatable bonds is 1. The van der Waals surface area contributed by atoms with Crippen molar-refractivity contribution < 1.29 is 0 Å². The van der Waals surface area contributed by atoms with Crippen molar-refractivity contribution in [1.82, 2.24) is 18.3 Å². The van der Waals surface area contributed by atoms with Gasteiger partial charge in [0.1, 0.15) is 0 Å². The second-order valence-corrected chi connectivity index (χ2v) is 30.7. The van der Waals surface area contributed by atoms with Crippen molar-refractivity contribution in [2.45, 2.75) is 180 Å². The third-order valence-electron chi connectivity index (χ3n) is 10.7. The van der Waals surface area contributed by atoms with Gasteiger partial charge in [-0.3, -0.25) is 18.3 Å². The summed E-state index contributed by atoms with van der Waals surface area (Å²) in [4.78, 5) is 0. The van der Waals surface area contributed by atoms with Crippen LogP contribution in [0.1, 0.15) is 141 Å². The maximum Gasteiger partial charge on any atom is 0.357 e. The van der Waals surface area contributed by atoms with Gasteiger partial charge >= 0.3 is 16.2 Å². The zero-order valence-corrected chi connectivity index (χ0v) is 35.0. The van der Waals surface area contributed by atoms with Crippen molar-refractivity contribution in [2.75, 3.05) is 17.3 Å². The summed E-state index contributed by atoms with van der Waals surface area (Å²) in [6.07, 6.45) is 0. The van der Waals surface area contributed by atoms with Crippen molar-refractivity contribution in [2.24, 2.45) is 10.8 Å². The van der Waals surface area contributed by atoms with E-state index in [0.29, 0.717) is 12.1 Å². The molecule has 1 aromatic carbocycles. The summed E-state index contributed by atoms with van der Waals surface area (Å²) in [5.41, 5.74) is 6.18. The van der Waals surface area contributed by atoms with E-state index in [1.54, 1.807) is 0 Å². The fraction of sp³-hybridized carbons (Fsp3) is 0.838. The zero-order valence-electron chi connectivity index (χ0n) is 33.0. The summed E-state index contributed by atoms with van der Waals surface area (Å²) in [7, 11) is -5.27. The highest BCUT2D eigenvalue weighted by Crippen LogP contribution is 2.67. The molecule has 3 saturated heterocycles. The van der Waals surface area contributed by atoms with Gasteiger partial charge in [-0.25, -0.2) is 0 Å². The first-order valence-electron chi connectivity index (χ1n) is 17.4. The maximum absolute atomic E-state index is 3.22. The van der Waals surface area contributed by atoms with Crippen LogP contribution in [0.4, 0.5) is 5.69 Å². The van der Waals surface area contributed by atoms with E-state index >= 15 is 0 Å². The predicted molar refractivity (Wildman–Crippen MR) is 197 cm³/mol. The number of nitrogens with zero attached hydrogens (tertiary/aromatic N) is 5. The largest absolute Gasteiger partial charge is 0.373 e. The Morgan fingerprint density at radius 1 is 0.500 bits per heavy atom. The number of aryl methyl sites for hydroxylation is 3. The van der Waals surface area contributed by atoms with E-state index < -0.39 is 16.2 Å². The van der Waals surface area contributed by atoms with E-state index in [-0.39, 0.29) is 33.0 Å². The lowest BCUT2D eigenvalue weighted by molar-refractivity contribution is 0.111. The lowest BCUT2D eigenvalue weighted by Gasteiger charge is -2.50. The summed E-state index contributed by atoms with van der Waals surface area (Å²) >= 11 is 0. The van der Waals surface area contributed by atoms with Gasteiger partial charge in [-0.05, 0) is 126 Å². The Labute approximate surface area is 276 Å². The van der Waals surface area contributed by atoms with E-state index in [1.807, 2.05) is 0 Å². The van der Waals surface area contributed by atoms with Crippen molar-refractivity contribution >= 4 is 21.8 Å². The standard InChI is InChI=1S/C37H71N5Si2/c1-26-22-27(2)31(28(3)23-26)42-43(38(34(10,11)12)24-29(32(4,5)6)40(43)36(16,17)18)44(42)39(35(13,14)15)25-30(33(7,8)9)41(44)37(19,20)21/h22-23,29-30H,24-25H2,1-21H3. The van der Waals surface area contributed by atoms with E-state index in [9.17, 15) is 0 Å². The molecule has 0 radical (unpaired) electrons. The third kappa shape index (κ3) is 5.13. The molecule has 252 valence electrons. The summed E-state index contributed by atoms with van der Waals surface area (Å²) in [5, 5.41) is 0. The van der Waals surface area contributed by atoms with Crippen molar-refractivity contribution in [3.05, 3.63) is 28.8 Å². The molecule has 4 atom stereocenters. The molecule has 3 aliphatic heterocycles.